The van der Waals surface area contributed by atoms with Crippen molar-refractivity contribution in [3.05, 3.63) is 65.4 Å². The Kier molecular flexibility index (Phi) is 6.40. The molecule has 35 heavy (non-hydrogen) atoms. The molecule has 0 radical (unpaired) electrons. The van der Waals surface area contributed by atoms with Crippen LogP contribution in [0.15, 0.2) is 57.9 Å². The van der Waals surface area contributed by atoms with E-state index in [4.69, 9.17) is 9.15 Å². The predicted octanol–water partition coefficient (Wildman–Crippen LogP) is 5.68. The van der Waals surface area contributed by atoms with Crippen molar-refractivity contribution < 1.29 is 18.7 Å². The van der Waals surface area contributed by atoms with Gasteiger partial charge in [-0.15, -0.1) is 0 Å². The third-order valence-electron chi connectivity index (χ3n) is 6.45. The van der Waals surface area contributed by atoms with Crippen molar-refractivity contribution >= 4 is 29.4 Å². The highest BCUT2D eigenvalue weighted by Gasteiger charge is 2.32. The smallest absolute Gasteiger partial charge is 0.256 e. The Morgan fingerprint density at radius 3 is 2.91 bits per heavy atom. The number of carbonyl (C=O) groups is 2. The zero-order valence-electron chi connectivity index (χ0n) is 20.0. The van der Waals surface area contributed by atoms with Crippen molar-refractivity contribution in [3.8, 4) is 17.1 Å². The van der Waals surface area contributed by atoms with Crippen LogP contribution in [0.25, 0.3) is 11.3 Å². The minimum Gasteiger partial charge on any atom is -0.493 e. The van der Waals surface area contributed by atoms with Crippen molar-refractivity contribution in [2.45, 2.75) is 45.6 Å². The van der Waals surface area contributed by atoms with Gasteiger partial charge in [-0.1, -0.05) is 12.1 Å². The van der Waals surface area contributed by atoms with Crippen LogP contribution in [0.3, 0.4) is 0 Å². The molecule has 1 saturated heterocycles. The largest absolute Gasteiger partial charge is 0.493 e. The number of rotatable bonds is 7. The Hall–Kier alpha value is -3.87. The van der Waals surface area contributed by atoms with Crippen LogP contribution in [0, 0.1) is 13.8 Å². The first-order chi connectivity index (χ1) is 17.0. The van der Waals surface area contributed by atoms with Crippen LogP contribution in [-0.4, -0.2) is 42.1 Å². The van der Waals surface area contributed by atoms with Gasteiger partial charge in [0.1, 0.15) is 17.3 Å². The van der Waals surface area contributed by atoms with E-state index >= 15 is 0 Å². The molecule has 2 aliphatic rings. The molecule has 2 amide bonds. The molecule has 0 spiro atoms. The average molecular weight is 472 g/mol. The van der Waals surface area contributed by atoms with Gasteiger partial charge in [0, 0.05) is 36.5 Å². The Morgan fingerprint density at radius 1 is 1.20 bits per heavy atom. The molecule has 5 rings (SSSR count). The molecule has 0 saturated carbocycles. The van der Waals surface area contributed by atoms with Crippen molar-refractivity contribution in [1.29, 1.82) is 0 Å². The Balaban J connectivity index is 1.15. The topological polar surface area (TPSA) is 84.1 Å². The second-order valence-corrected chi connectivity index (χ2v) is 9.11. The van der Waals surface area contributed by atoms with Gasteiger partial charge in [-0.25, -0.2) is 0 Å². The molecule has 7 nitrogen and oxygen atoms in total. The molecule has 1 fully saturated rings. The van der Waals surface area contributed by atoms with E-state index in [1.165, 1.54) is 0 Å². The van der Waals surface area contributed by atoms with Crippen LogP contribution in [0.2, 0.25) is 0 Å². The van der Waals surface area contributed by atoms with Gasteiger partial charge in [0.25, 0.3) is 5.91 Å². The Labute approximate surface area is 204 Å². The average Bonchev–Trinajstić information content (AvgIpc) is 3.48. The first kappa shape index (κ1) is 22.9. The van der Waals surface area contributed by atoms with E-state index < -0.39 is 0 Å². The number of nitrogens with one attached hydrogen (secondary N) is 1. The molecule has 7 heteroatoms. The highest BCUT2D eigenvalue weighted by atomic mass is 16.5. The maximum atomic E-state index is 12.9. The summed E-state index contributed by atoms with van der Waals surface area (Å²) in [6.07, 6.45) is 4.75. The number of aryl methyl sites for hydroxylation is 2. The van der Waals surface area contributed by atoms with Crippen LogP contribution in [0.4, 0.5) is 11.4 Å². The zero-order chi connectivity index (χ0) is 24.4. The lowest BCUT2D eigenvalue weighted by Gasteiger charge is -2.20. The summed E-state index contributed by atoms with van der Waals surface area (Å²) in [7, 11) is 0. The van der Waals surface area contributed by atoms with Gasteiger partial charge in [-0.05, 0) is 69.0 Å². The summed E-state index contributed by atoms with van der Waals surface area (Å²) in [6, 6.07) is 15.2. The van der Waals surface area contributed by atoms with Crippen LogP contribution < -0.4 is 10.1 Å². The molecule has 2 aliphatic heterocycles. The fourth-order valence-electron chi connectivity index (χ4n) is 4.61. The summed E-state index contributed by atoms with van der Waals surface area (Å²) >= 11 is 0. The first-order valence-corrected chi connectivity index (χ1v) is 12.1. The van der Waals surface area contributed by atoms with Crippen LogP contribution in [-0.2, 0) is 4.79 Å². The van der Waals surface area contributed by atoms with E-state index in [1.807, 2.05) is 73.5 Å². The van der Waals surface area contributed by atoms with Gasteiger partial charge in [0.15, 0.2) is 0 Å². The lowest BCUT2D eigenvalue weighted by molar-refractivity contribution is -0.116. The monoisotopic (exact) mass is 471 g/mol. The molecule has 1 atom stereocenters. The number of aliphatic imine (C=N–C) groups is 1. The fourth-order valence-corrected chi connectivity index (χ4v) is 4.61. The number of benzene rings is 2. The summed E-state index contributed by atoms with van der Waals surface area (Å²) in [5.74, 6) is 2.28. The third-order valence-corrected chi connectivity index (χ3v) is 6.45. The molecule has 1 N–H and O–H groups in total. The molecule has 0 bridgehead atoms. The molecule has 0 unspecified atom stereocenters. The molecule has 0 aliphatic carbocycles. The SMILES string of the molecule is Cc1ccc(-c2cccc(NC(=O)CCCOc3cc4c(cc3C)C(=O)N3CCC[C@H]3C=N4)c2)o1. The summed E-state index contributed by atoms with van der Waals surface area (Å²) in [5.41, 5.74) is 3.81. The number of hydrogen-bond acceptors (Lipinski definition) is 5. The number of furan rings is 1. The van der Waals surface area contributed by atoms with Gasteiger partial charge in [-0.2, -0.15) is 0 Å². The molecule has 3 aromatic rings. The number of amides is 2. The number of carbonyl (C=O) groups excluding carboxylic acids is 2. The number of ether oxygens (including phenoxy) is 1. The maximum Gasteiger partial charge on any atom is 0.256 e. The summed E-state index contributed by atoms with van der Waals surface area (Å²) in [4.78, 5) is 31.9. The molecular weight excluding hydrogens is 442 g/mol. The van der Waals surface area contributed by atoms with E-state index in [0.717, 1.165) is 47.7 Å². The Bertz CT molecular complexity index is 1290. The molecule has 1 aromatic heterocycles. The molecule has 2 aromatic carbocycles. The normalized spacial score (nSPS) is 16.6. The van der Waals surface area contributed by atoms with E-state index in [9.17, 15) is 9.59 Å². The number of anilines is 1. The third kappa shape index (κ3) is 4.99. The summed E-state index contributed by atoms with van der Waals surface area (Å²) in [5, 5.41) is 2.94. The number of hydrogen-bond donors (Lipinski definition) is 1. The van der Waals surface area contributed by atoms with Gasteiger partial charge < -0.3 is 19.4 Å². The summed E-state index contributed by atoms with van der Waals surface area (Å²) in [6.45, 7) is 5.01. The van der Waals surface area contributed by atoms with Crippen LogP contribution in [0.1, 0.15) is 47.4 Å². The van der Waals surface area contributed by atoms with E-state index in [0.29, 0.717) is 36.4 Å². The maximum absolute atomic E-state index is 12.9. The van der Waals surface area contributed by atoms with Gasteiger partial charge in [-0.3, -0.25) is 14.6 Å². The van der Waals surface area contributed by atoms with Crippen LogP contribution >= 0.6 is 0 Å². The highest BCUT2D eigenvalue weighted by molar-refractivity contribution is 6.03. The Morgan fingerprint density at radius 2 is 2.09 bits per heavy atom. The number of nitrogens with zero attached hydrogens (tertiary/aromatic N) is 2. The summed E-state index contributed by atoms with van der Waals surface area (Å²) < 4.78 is 11.6. The van der Waals surface area contributed by atoms with Gasteiger partial charge >= 0.3 is 0 Å². The minimum absolute atomic E-state index is 0.0394. The molecule has 3 heterocycles. The number of fused-ring (bicyclic) bond motifs is 2. The van der Waals surface area contributed by atoms with Crippen LogP contribution in [0.5, 0.6) is 5.75 Å². The lowest BCUT2D eigenvalue weighted by atomic mass is 10.1. The second kappa shape index (κ2) is 9.78. The fraction of sp³-hybridized carbons (Fsp3) is 0.321. The highest BCUT2D eigenvalue weighted by Crippen LogP contribution is 2.34. The lowest BCUT2D eigenvalue weighted by Crippen LogP contribution is -2.35. The van der Waals surface area contributed by atoms with E-state index in [1.54, 1.807) is 0 Å². The van der Waals surface area contributed by atoms with Gasteiger partial charge in [0.2, 0.25) is 5.91 Å². The van der Waals surface area contributed by atoms with E-state index in [2.05, 4.69) is 10.3 Å². The van der Waals surface area contributed by atoms with Crippen molar-refractivity contribution in [1.82, 2.24) is 4.90 Å². The van der Waals surface area contributed by atoms with E-state index in [-0.39, 0.29) is 17.9 Å². The molecule has 180 valence electrons. The minimum atomic E-state index is -0.0733. The standard InChI is InChI=1S/C28H29N3O4/c1-18-14-23-24(29-17-22-8-4-12-31(22)28(23)33)16-26(18)34-13-5-9-27(32)30-21-7-3-6-20(15-21)25-11-10-19(2)35-25/h3,6-7,10-11,14-17,22H,4-5,8-9,12-13H2,1-2H3,(H,30,32)/t22-/m0/s1. The van der Waals surface area contributed by atoms with Crippen molar-refractivity contribution in [2.75, 3.05) is 18.5 Å². The second-order valence-electron chi connectivity index (χ2n) is 9.11. The quantitative estimate of drug-likeness (QED) is 0.449. The first-order valence-electron chi connectivity index (χ1n) is 12.1. The van der Waals surface area contributed by atoms with Crippen molar-refractivity contribution in [3.63, 3.8) is 0 Å². The predicted molar refractivity (Wildman–Crippen MR) is 136 cm³/mol. The molecular formula is C28H29N3O4. The zero-order valence-corrected chi connectivity index (χ0v) is 20.0. The van der Waals surface area contributed by atoms with Gasteiger partial charge in [0.05, 0.1) is 23.9 Å². The van der Waals surface area contributed by atoms with Crippen molar-refractivity contribution in [2.24, 2.45) is 4.99 Å².